The second kappa shape index (κ2) is 6.49. The molecule has 1 atom stereocenters. The Balaban J connectivity index is 1.89. The third kappa shape index (κ3) is 5.16. The van der Waals surface area contributed by atoms with Crippen molar-refractivity contribution < 1.29 is 18.0 Å². The minimum atomic E-state index is -4.27. The first-order chi connectivity index (χ1) is 10.7. The predicted octanol–water partition coefficient (Wildman–Crippen LogP) is 3.01. The van der Waals surface area contributed by atoms with Crippen LogP contribution in [0.3, 0.4) is 0 Å². The lowest BCUT2D eigenvalue weighted by molar-refractivity contribution is -0.127. The van der Waals surface area contributed by atoms with Gasteiger partial charge in [-0.3, -0.25) is 4.79 Å². The van der Waals surface area contributed by atoms with E-state index in [0.717, 1.165) is 12.8 Å². The van der Waals surface area contributed by atoms with Crippen molar-refractivity contribution in [1.82, 2.24) is 5.32 Å². The zero-order chi connectivity index (χ0) is 17.1. The third-order valence-corrected chi connectivity index (χ3v) is 3.81. The molecule has 0 bridgehead atoms. The van der Waals surface area contributed by atoms with E-state index in [1.54, 1.807) is 13.0 Å². The van der Waals surface area contributed by atoms with Crippen molar-refractivity contribution in [3.8, 4) is 6.07 Å². The molecule has 1 aromatic carbocycles. The van der Waals surface area contributed by atoms with Gasteiger partial charge in [0.05, 0.1) is 19.0 Å². The molecule has 2 rings (SSSR count). The number of alkyl halides is 3. The van der Waals surface area contributed by atoms with Gasteiger partial charge in [-0.05, 0) is 43.4 Å². The molecule has 0 spiro atoms. The quantitative estimate of drug-likeness (QED) is 0.845. The van der Waals surface area contributed by atoms with E-state index < -0.39 is 18.1 Å². The molecule has 1 unspecified atom stereocenters. The van der Waals surface area contributed by atoms with Crippen LogP contribution in [-0.2, 0) is 11.2 Å². The van der Waals surface area contributed by atoms with Gasteiger partial charge in [-0.15, -0.1) is 0 Å². The van der Waals surface area contributed by atoms with Gasteiger partial charge in [0.25, 0.3) is 0 Å². The number of hydrogen-bond donors (Lipinski definition) is 2. The number of carbonyl (C=O) groups is 1. The Morgan fingerprint density at radius 2 is 2.09 bits per heavy atom. The minimum absolute atomic E-state index is 0.0978. The average Bonchev–Trinajstić information content (AvgIpc) is 3.28. The smallest absolute Gasteiger partial charge is 0.376 e. The summed E-state index contributed by atoms with van der Waals surface area (Å²) < 4.78 is 37.1. The maximum Gasteiger partial charge on any atom is 0.393 e. The van der Waals surface area contributed by atoms with E-state index in [4.69, 9.17) is 0 Å². The molecule has 1 aromatic rings. The minimum Gasteiger partial charge on any atom is -0.376 e. The maximum absolute atomic E-state index is 12.4. The average molecular weight is 325 g/mol. The molecular formula is C16H18F3N3O. The van der Waals surface area contributed by atoms with E-state index in [-0.39, 0.29) is 23.9 Å². The molecular weight excluding hydrogens is 307 g/mol. The molecule has 1 fully saturated rings. The summed E-state index contributed by atoms with van der Waals surface area (Å²) in [6.07, 6.45) is -3.45. The first-order valence-electron chi connectivity index (χ1n) is 7.34. The van der Waals surface area contributed by atoms with Gasteiger partial charge < -0.3 is 10.6 Å². The number of nitriles is 1. The van der Waals surface area contributed by atoms with Crippen molar-refractivity contribution in [3.05, 3.63) is 29.8 Å². The summed E-state index contributed by atoms with van der Waals surface area (Å²) in [5, 5.41) is 14.7. The van der Waals surface area contributed by atoms with Gasteiger partial charge in [0.15, 0.2) is 0 Å². The Kier molecular flexibility index (Phi) is 4.83. The zero-order valence-corrected chi connectivity index (χ0v) is 12.7. The summed E-state index contributed by atoms with van der Waals surface area (Å²) >= 11 is 0. The van der Waals surface area contributed by atoms with E-state index in [9.17, 15) is 23.2 Å². The van der Waals surface area contributed by atoms with Gasteiger partial charge in [0.2, 0.25) is 5.91 Å². The van der Waals surface area contributed by atoms with Crippen LogP contribution >= 0.6 is 0 Å². The van der Waals surface area contributed by atoms with Gasteiger partial charge in [-0.25, -0.2) is 0 Å². The molecule has 0 aromatic heterocycles. The summed E-state index contributed by atoms with van der Waals surface area (Å²) in [5.41, 5.74) is -0.314. The van der Waals surface area contributed by atoms with Crippen LogP contribution in [0, 0.1) is 17.2 Å². The van der Waals surface area contributed by atoms with E-state index >= 15 is 0 Å². The molecule has 0 radical (unpaired) electrons. The van der Waals surface area contributed by atoms with Gasteiger partial charge in [-0.1, -0.05) is 12.1 Å². The van der Waals surface area contributed by atoms with Crippen molar-refractivity contribution in [2.24, 2.45) is 5.92 Å². The van der Waals surface area contributed by atoms with Crippen molar-refractivity contribution in [2.75, 3.05) is 11.9 Å². The summed E-state index contributed by atoms with van der Waals surface area (Å²) in [6, 6.07) is 7.97. The molecule has 2 N–H and O–H groups in total. The molecule has 4 nitrogen and oxygen atoms in total. The number of nitrogens with one attached hydrogen (secondary N) is 2. The highest BCUT2D eigenvalue weighted by Gasteiger charge is 2.42. The van der Waals surface area contributed by atoms with Crippen LogP contribution in [0.1, 0.15) is 25.3 Å². The van der Waals surface area contributed by atoms with E-state index in [0.29, 0.717) is 5.69 Å². The third-order valence-electron chi connectivity index (χ3n) is 3.81. The number of benzene rings is 1. The molecule has 1 saturated carbocycles. The summed E-state index contributed by atoms with van der Waals surface area (Å²) in [7, 11) is 0. The molecule has 0 aliphatic heterocycles. The summed E-state index contributed by atoms with van der Waals surface area (Å²) in [6.45, 7) is 1.59. The van der Waals surface area contributed by atoms with Crippen LogP contribution in [0.25, 0.3) is 0 Å². The van der Waals surface area contributed by atoms with Crippen LogP contribution in [0.2, 0.25) is 0 Å². The van der Waals surface area contributed by atoms with Gasteiger partial charge in [-0.2, -0.15) is 18.4 Å². The zero-order valence-electron chi connectivity index (χ0n) is 12.7. The van der Waals surface area contributed by atoms with Crippen LogP contribution in [0.4, 0.5) is 18.9 Å². The highest BCUT2D eigenvalue weighted by molar-refractivity contribution is 5.82. The Hall–Kier alpha value is -2.23. The van der Waals surface area contributed by atoms with Crippen molar-refractivity contribution in [1.29, 1.82) is 5.26 Å². The normalized spacial score (nSPS) is 17.0. The van der Waals surface area contributed by atoms with Gasteiger partial charge >= 0.3 is 6.18 Å². The molecule has 1 aliphatic carbocycles. The van der Waals surface area contributed by atoms with Crippen molar-refractivity contribution >= 4 is 11.6 Å². The van der Waals surface area contributed by atoms with E-state index in [1.807, 2.05) is 0 Å². The van der Waals surface area contributed by atoms with Crippen molar-refractivity contribution in [3.63, 3.8) is 0 Å². The van der Waals surface area contributed by atoms with E-state index in [1.165, 1.54) is 18.2 Å². The number of carbonyl (C=O) groups excluding carboxylic acids is 1. The number of halogens is 3. The second-order valence-electron chi connectivity index (χ2n) is 5.98. The lowest BCUT2D eigenvalue weighted by Crippen LogP contribution is -2.48. The SMILES string of the molecule is CC(C#N)(NC(=O)CNc1cccc(CC(F)(F)F)c1)C1CC1. The Morgan fingerprint density at radius 1 is 1.39 bits per heavy atom. The number of rotatable bonds is 6. The topological polar surface area (TPSA) is 64.9 Å². The monoisotopic (exact) mass is 325 g/mol. The number of anilines is 1. The lowest BCUT2D eigenvalue weighted by atomic mass is 9.98. The fraction of sp³-hybridized carbons (Fsp3) is 0.500. The second-order valence-corrected chi connectivity index (χ2v) is 5.98. The molecule has 0 saturated heterocycles. The van der Waals surface area contributed by atoms with Crippen LogP contribution < -0.4 is 10.6 Å². The Labute approximate surface area is 132 Å². The first-order valence-corrected chi connectivity index (χ1v) is 7.34. The molecule has 1 aliphatic rings. The fourth-order valence-electron chi connectivity index (χ4n) is 2.42. The number of nitrogens with zero attached hydrogens (tertiary/aromatic N) is 1. The fourth-order valence-corrected chi connectivity index (χ4v) is 2.42. The van der Waals surface area contributed by atoms with Crippen LogP contribution in [0.15, 0.2) is 24.3 Å². The standard InChI is InChI=1S/C16H18F3N3O/c1-15(10-20,12-5-6-12)22-14(23)9-21-13-4-2-3-11(7-13)8-16(17,18)19/h2-4,7,12,21H,5-6,8-9H2,1H3,(H,22,23). The van der Waals surface area contributed by atoms with Gasteiger partial charge in [0.1, 0.15) is 5.54 Å². The molecule has 23 heavy (non-hydrogen) atoms. The summed E-state index contributed by atoms with van der Waals surface area (Å²) in [4.78, 5) is 11.9. The Morgan fingerprint density at radius 3 is 2.65 bits per heavy atom. The lowest BCUT2D eigenvalue weighted by Gasteiger charge is -2.23. The largest absolute Gasteiger partial charge is 0.393 e. The number of hydrogen-bond acceptors (Lipinski definition) is 3. The molecule has 0 heterocycles. The highest BCUT2D eigenvalue weighted by atomic mass is 19.4. The van der Waals surface area contributed by atoms with Crippen LogP contribution in [-0.4, -0.2) is 24.2 Å². The predicted molar refractivity (Wildman–Crippen MR) is 79.6 cm³/mol. The number of amides is 1. The van der Waals surface area contributed by atoms with E-state index in [2.05, 4.69) is 16.7 Å². The Bertz CT molecular complexity index is 620. The molecule has 7 heteroatoms. The summed E-state index contributed by atoms with van der Waals surface area (Å²) in [5.74, 6) is -0.186. The molecule has 124 valence electrons. The van der Waals surface area contributed by atoms with Crippen LogP contribution in [0.5, 0.6) is 0 Å². The first kappa shape index (κ1) is 17.1. The molecule has 1 amide bonds. The van der Waals surface area contributed by atoms with Gasteiger partial charge in [0, 0.05) is 5.69 Å². The maximum atomic E-state index is 12.4. The van der Waals surface area contributed by atoms with Crippen molar-refractivity contribution in [2.45, 2.75) is 37.9 Å². The highest BCUT2D eigenvalue weighted by Crippen LogP contribution is 2.39.